The van der Waals surface area contributed by atoms with Gasteiger partial charge in [0.2, 0.25) is 11.8 Å². The smallest absolute Gasteiger partial charge is 0.323 e. The molecule has 2 rings (SSSR count). The monoisotopic (exact) mass is 352 g/mol. The minimum absolute atomic E-state index is 0.00413. The summed E-state index contributed by atoms with van der Waals surface area (Å²) in [5.41, 5.74) is 0.829. The molecule has 1 heterocycles. The number of hydrogen-bond acceptors (Lipinski definition) is 3. The maximum absolute atomic E-state index is 12.7. The molecule has 0 atom stereocenters. The van der Waals surface area contributed by atoms with Crippen molar-refractivity contribution >= 4 is 29.4 Å². The van der Waals surface area contributed by atoms with Crippen LogP contribution in [-0.2, 0) is 20.9 Å². The van der Waals surface area contributed by atoms with E-state index in [1.54, 1.807) is 29.2 Å². The molecule has 0 saturated carbocycles. The maximum Gasteiger partial charge on any atom is 0.323 e. The number of amides is 2. The molecule has 0 bridgehead atoms. The molecule has 130 valence electrons. The van der Waals surface area contributed by atoms with Gasteiger partial charge in [0, 0.05) is 37.5 Å². The first-order chi connectivity index (χ1) is 11.4. The van der Waals surface area contributed by atoms with Crippen molar-refractivity contribution in [3.63, 3.8) is 0 Å². The highest BCUT2D eigenvalue weighted by atomic mass is 35.5. The van der Waals surface area contributed by atoms with E-state index in [0.717, 1.165) is 5.56 Å². The lowest BCUT2D eigenvalue weighted by atomic mass is 9.95. The summed E-state index contributed by atoms with van der Waals surface area (Å²) in [6.07, 6.45) is 1.13. The zero-order valence-electron chi connectivity index (χ0n) is 13.6. The molecule has 1 saturated heterocycles. The summed E-state index contributed by atoms with van der Waals surface area (Å²) < 4.78 is 0. The Balaban J connectivity index is 2.04. The molecule has 2 amide bonds. The van der Waals surface area contributed by atoms with Crippen LogP contribution in [0.2, 0.25) is 5.02 Å². The van der Waals surface area contributed by atoms with Gasteiger partial charge in [-0.3, -0.25) is 14.4 Å². The van der Waals surface area contributed by atoms with Crippen LogP contribution in [0.3, 0.4) is 0 Å². The number of halogens is 1. The van der Waals surface area contributed by atoms with Gasteiger partial charge in [0.05, 0.1) is 0 Å². The molecular weight excluding hydrogens is 332 g/mol. The van der Waals surface area contributed by atoms with E-state index in [9.17, 15) is 14.4 Å². The molecule has 0 spiro atoms. The van der Waals surface area contributed by atoms with E-state index in [1.807, 2.05) is 0 Å². The molecule has 0 aromatic heterocycles. The van der Waals surface area contributed by atoms with Crippen molar-refractivity contribution in [2.75, 3.05) is 19.6 Å². The van der Waals surface area contributed by atoms with E-state index in [4.69, 9.17) is 16.7 Å². The quantitative estimate of drug-likeness (QED) is 0.879. The summed E-state index contributed by atoms with van der Waals surface area (Å²) in [4.78, 5) is 38.3. The van der Waals surface area contributed by atoms with Crippen LogP contribution < -0.4 is 0 Å². The van der Waals surface area contributed by atoms with Gasteiger partial charge < -0.3 is 14.9 Å². The van der Waals surface area contributed by atoms with E-state index in [2.05, 4.69) is 0 Å². The van der Waals surface area contributed by atoms with Crippen LogP contribution in [0.15, 0.2) is 24.3 Å². The molecule has 1 fully saturated rings. The minimum atomic E-state index is -1.04. The number of hydrogen-bond donors (Lipinski definition) is 1. The molecule has 7 heteroatoms. The van der Waals surface area contributed by atoms with Gasteiger partial charge in [-0.2, -0.15) is 0 Å². The van der Waals surface area contributed by atoms with Crippen LogP contribution in [0.5, 0.6) is 0 Å². The number of aliphatic carboxylic acids is 1. The van der Waals surface area contributed by atoms with Crippen molar-refractivity contribution in [1.82, 2.24) is 9.80 Å². The fraction of sp³-hybridized carbons (Fsp3) is 0.471. The van der Waals surface area contributed by atoms with Crippen LogP contribution in [0, 0.1) is 5.92 Å². The number of carbonyl (C=O) groups is 3. The third kappa shape index (κ3) is 4.96. The number of rotatable bonds is 5. The molecule has 24 heavy (non-hydrogen) atoms. The molecule has 0 radical (unpaired) electrons. The second kappa shape index (κ2) is 8.15. The number of piperidine rings is 1. The zero-order chi connectivity index (χ0) is 17.7. The van der Waals surface area contributed by atoms with E-state index in [1.165, 1.54) is 11.8 Å². The van der Waals surface area contributed by atoms with Gasteiger partial charge in [0.1, 0.15) is 6.54 Å². The van der Waals surface area contributed by atoms with Crippen molar-refractivity contribution in [2.24, 2.45) is 5.92 Å². The van der Waals surface area contributed by atoms with Crippen LogP contribution in [-0.4, -0.2) is 52.3 Å². The third-order valence-corrected chi connectivity index (χ3v) is 4.47. The van der Waals surface area contributed by atoms with Gasteiger partial charge in [-0.15, -0.1) is 0 Å². The number of carboxylic acids is 1. The van der Waals surface area contributed by atoms with E-state index in [-0.39, 0.29) is 30.8 Å². The Bertz CT molecular complexity index is 610. The summed E-state index contributed by atoms with van der Waals surface area (Å²) in [5, 5.41) is 9.69. The van der Waals surface area contributed by atoms with E-state index >= 15 is 0 Å². The second-order valence-corrected chi connectivity index (χ2v) is 6.43. The predicted octanol–water partition coefficient (Wildman–Crippen LogP) is 2.01. The van der Waals surface area contributed by atoms with Crippen LogP contribution in [0.4, 0.5) is 0 Å². The fourth-order valence-electron chi connectivity index (χ4n) is 2.88. The molecule has 1 N–H and O–H groups in total. The van der Waals surface area contributed by atoms with E-state index < -0.39 is 5.97 Å². The van der Waals surface area contributed by atoms with Gasteiger partial charge in [0.15, 0.2) is 0 Å². The average Bonchev–Trinajstić information content (AvgIpc) is 2.55. The van der Waals surface area contributed by atoms with Crippen LogP contribution in [0.25, 0.3) is 0 Å². The molecular formula is C17H21ClN2O4. The van der Waals surface area contributed by atoms with Crippen molar-refractivity contribution in [3.8, 4) is 0 Å². The SMILES string of the molecule is CC(=O)N1CCC(C(=O)N(CC(=O)O)Cc2ccc(Cl)cc2)CC1. The maximum atomic E-state index is 12.7. The lowest BCUT2D eigenvalue weighted by Gasteiger charge is -2.33. The van der Waals surface area contributed by atoms with E-state index in [0.29, 0.717) is 31.0 Å². The first-order valence-electron chi connectivity index (χ1n) is 7.87. The lowest BCUT2D eigenvalue weighted by Crippen LogP contribution is -2.45. The van der Waals surface area contributed by atoms with Crippen molar-refractivity contribution in [2.45, 2.75) is 26.3 Å². The van der Waals surface area contributed by atoms with Gasteiger partial charge in [0.25, 0.3) is 0 Å². The standard InChI is InChI=1S/C17H21ClN2O4/c1-12(21)19-8-6-14(7-9-19)17(24)20(11-16(22)23)10-13-2-4-15(18)5-3-13/h2-5,14H,6-11H2,1H3,(H,22,23). The van der Waals surface area contributed by atoms with Crippen LogP contribution in [0.1, 0.15) is 25.3 Å². The molecule has 0 unspecified atom stereocenters. The summed E-state index contributed by atoms with van der Waals surface area (Å²) in [6, 6.07) is 6.99. The summed E-state index contributed by atoms with van der Waals surface area (Å²) in [6.45, 7) is 2.48. The normalized spacial score (nSPS) is 15.2. The Hall–Kier alpha value is -2.08. The molecule has 1 aromatic rings. The molecule has 1 aliphatic heterocycles. The van der Waals surface area contributed by atoms with Gasteiger partial charge in [-0.05, 0) is 30.5 Å². The first-order valence-corrected chi connectivity index (χ1v) is 8.25. The second-order valence-electron chi connectivity index (χ2n) is 5.99. The van der Waals surface area contributed by atoms with Gasteiger partial charge in [-0.1, -0.05) is 23.7 Å². The van der Waals surface area contributed by atoms with Crippen molar-refractivity contribution < 1.29 is 19.5 Å². The molecule has 1 aromatic carbocycles. The Kier molecular flexibility index (Phi) is 6.20. The Labute approximate surface area is 146 Å². The van der Waals surface area contributed by atoms with Crippen LogP contribution >= 0.6 is 11.6 Å². The zero-order valence-corrected chi connectivity index (χ0v) is 14.3. The van der Waals surface area contributed by atoms with Gasteiger partial charge in [-0.25, -0.2) is 0 Å². The van der Waals surface area contributed by atoms with Gasteiger partial charge >= 0.3 is 5.97 Å². The highest BCUT2D eigenvalue weighted by Crippen LogP contribution is 2.21. The summed E-state index contributed by atoms with van der Waals surface area (Å²) in [7, 11) is 0. The molecule has 6 nitrogen and oxygen atoms in total. The van der Waals surface area contributed by atoms with Crippen molar-refractivity contribution in [3.05, 3.63) is 34.9 Å². The number of carboxylic acid groups (broad SMARTS) is 1. The Morgan fingerprint density at radius 2 is 1.79 bits per heavy atom. The number of benzene rings is 1. The lowest BCUT2D eigenvalue weighted by molar-refractivity contribution is -0.148. The third-order valence-electron chi connectivity index (χ3n) is 4.21. The number of nitrogens with zero attached hydrogens (tertiary/aromatic N) is 2. The largest absolute Gasteiger partial charge is 0.480 e. The topological polar surface area (TPSA) is 77.9 Å². The summed E-state index contributed by atoms with van der Waals surface area (Å²) in [5.74, 6) is -1.45. The fourth-order valence-corrected chi connectivity index (χ4v) is 3.01. The summed E-state index contributed by atoms with van der Waals surface area (Å²) >= 11 is 5.85. The predicted molar refractivity (Wildman–Crippen MR) is 89.5 cm³/mol. The highest BCUT2D eigenvalue weighted by molar-refractivity contribution is 6.30. The average molecular weight is 353 g/mol. The Morgan fingerprint density at radius 3 is 2.29 bits per heavy atom. The number of carbonyl (C=O) groups excluding carboxylic acids is 2. The Morgan fingerprint density at radius 1 is 1.21 bits per heavy atom. The molecule has 0 aliphatic carbocycles. The highest BCUT2D eigenvalue weighted by Gasteiger charge is 2.30. The number of likely N-dealkylation sites (tertiary alicyclic amines) is 1. The van der Waals surface area contributed by atoms with Crippen molar-refractivity contribution in [1.29, 1.82) is 0 Å². The molecule has 1 aliphatic rings. The minimum Gasteiger partial charge on any atom is -0.480 e. The first kappa shape index (κ1) is 18.3.